The van der Waals surface area contributed by atoms with Gasteiger partial charge in [-0.25, -0.2) is 4.68 Å². The van der Waals surface area contributed by atoms with Gasteiger partial charge in [-0.05, 0) is 39.3 Å². The Hall–Kier alpha value is -1.43. The summed E-state index contributed by atoms with van der Waals surface area (Å²) in [6.07, 6.45) is 4.15. The molecule has 0 radical (unpaired) electrons. The molecule has 1 saturated heterocycles. The predicted molar refractivity (Wildman–Crippen MR) is 73.1 cm³/mol. The normalized spacial score (nSPS) is 16.5. The molecule has 106 valence electrons. The minimum atomic E-state index is -0.105. The highest BCUT2D eigenvalue weighted by Gasteiger charge is 2.22. The van der Waals surface area contributed by atoms with Crippen LogP contribution in [0.3, 0.4) is 0 Å². The summed E-state index contributed by atoms with van der Waals surface area (Å²) in [6.45, 7) is 6.74. The van der Waals surface area contributed by atoms with E-state index in [1.54, 1.807) is 0 Å². The molecule has 0 unspecified atom stereocenters. The number of rotatable bonds is 5. The molecule has 0 aliphatic carbocycles. The van der Waals surface area contributed by atoms with Crippen LogP contribution >= 0.6 is 0 Å². The maximum absolute atomic E-state index is 12.0. The number of hydrogen-bond donors (Lipinski definition) is 2. The van der Waals surface area contributed by atoms with E-state index in [-0.39, 0.29) is 5.91 Å². The number of nitrogens with one attached hydrogen (secondary N) is 2. The number of carbonyl (C=O) groups excluding carboxylic acids is 1. The topological polar surface area (TPSA) is 71.8 Å². The summed E-state index contributed by atoms with van der Waals surface area (Å²) in [7, 11) is 0. The van der Waals surface area contributed by atoms with Crippen molar-refractivity contribution >= 4 is 5.91 Å². The number of nitrogens with zero attached hydrogens (tertiary/aromatic N) is 3. The van der Waals surface area contributed by atoms with Crippen molar-refractivity contribution in [2.24, 2.45) is 0 Å². The van der Waals surface area contributed by atoms with Crippen LogP contribution in [0.15, 0.2) is 0 Å². The Bertz CT molecular complexity index is 423. The van der Waals surface area contributed by atoms with Crippen molar-refractivity contribution in [3.8, 4) is 0 Å². The Morgan fingerprint density at radius 1 is 1.47 bits per heavy atom. The lowest BCUT2D eigenvalue weighted by Gasteiger charge is -2.23. The lowest BCUT2D eigenvalue weighted by atomic mass is 10.1. The van der Waals surface area contributed by atoms with Gasteiger partial charge in [-0.2, -0.15) is 0 Å². The summed E-state index contributed by atoms with van der Waals surface area (Å²) in [5.41, 5.74) is 1.34. The molecule has 0 spiro atoms. The summed E-state index contributed by atoms with van der Waals surface area (Å²) in [4.78, 5) is 12.0. The fourth-order valence-electron chi connectivity index (χ4n) is 2.41. The van der Waals surface area contributed by atoms with Crippen molar-refractivity contribution in [1.82, 2.24) is 25.6 Å². The van der Waals surface area contributed by atoms with Gasteiger partial charge in [0.2, 0.25) is 0 Å². The van der Waals surface area contributed by atoms with Crippen molar-refractivity contribution in [2.75, 3.05) is 19.6 Å². The molecule has 1 aliphatic rings. The van der Waals surface area contributed by atoms with E-state index in [0.717, 1.165) is 44.5 Å². The quantitative estimate of drug-likeness (QED) is 0.780. The number of amides is 1. The Kier molecular flexibility index (Phi) is 4.90. The highest BCUT2D eigenvalue weighted by atomic mass is 16.2. The van der Waals surface area contributed by atoms with Gasteiger partial charge in [0.05, 0.1) is 11.7 Å². The van der Waals surface area contributed by atoms with E-state index in [2.05, 4.69) is 27.9 Å². The third kappa shape index (κ3) is 3.32. The van der Waals surface area contributed by atoms with Crippen molar-refractivity contribution in [1.29, 1.82) is 0 Å². The first kappa shape index (κ1) is 14.0. The van der Waals surface area contributed by atoms with Crippen molar-refractivity contribution in [3.05, 3.63) is 11.4 Å². The predicted octanol–water partition coefficient (Wildman–Crippen LogP) is 1.04. The molecule has 6 heteroatoms. The maximum Gasteiger partial charge on any atom is 0.273 e. The van der Waals surface area contributed by atoms with Gasteiger partial charge < -0.3 is 10.6 Å². The molecule has 1 fully saturated rings. The maximum atomic E-state index is 12.0. The van der Waals surface area contributed by atoms with Gasteiger partial charge in [-0.3, -0.25) is 4.79 Å². The van der Waals surface area contributed by atoms with Gasteiger partial charge in [0.15, 0.2) is 5.69 Å². The zero-order valence-corrected chi connectivity index (χ0v) is 11.8. The monoisotopic (exact) mass is 265 g/mol. The van der Waals surface area contributed by atoms with Crippen LogP contribution in [0.4, 0.5) is 0 Å². The van der Waals surface area contributed by atoms with E-state index in [1.165, 1.54) is 0 Å². The second kappa shape index (κ2) is 6.65. The van der Waals surface area contributed by atoms with Crippen LogP contribution in [0, 0.1) is 6.92 Å². The summed E-state index contributed by atoms with van der Waals surface area (Å²) in [5.74, 6) is -0.105. The van der Waals surface area contributed by atoms with Crippen LogP contribution < -0.4 is 10.6 Å². The third-order valence-corrected chi connectivity index (χ3v) is 3.61. The van der Waals surface area contributed by atoms with Crippen molar-refractivity contribution < 1.29 is 4.79 Å². The van der Waals surface area contributed by atoms with E-state index in [1.807, 2.05) is 11.6 Å². The number of hydrogen-bond acceptors (Lipinski definition) is 4. The van der Waals surface area contributed by atoms with E-state index in [4.69, 9.17) is 0 Å². The second-order valence-corrected chi connectivity index (χ2v) is 5.06. The largest absolute Gasteiger partial charge is 0.351 e. The van der Waals surface area contributed by atoms with Crippen molar-refractivity contribution in [2.45, 2.75) is 45.6 Å². The average Bonchev–Trinajstić information content (AvgIpc) is 2.82. The molecule has 2 rings (SSSR count). The minimum absolute atomic E-state index is 0.105. The lowest BCUT2D eigenvalue weighted by Crippen LogP contribution is -2.30. The molecule has 0 bridgehead atoms. The Labute approximate surface area is 113 Å². The van der Waals surface area contributed by atoms with Gasteiger partial charge in [0.1, 0.15) is 0 Å². The number of piperidine rings is 1. The van der Waals surface area contributed by atoms with E-state index >= 15 is 0 Å². The van der Waals surface area contributed by atoms with Crippen LogP contribution in [0.1, 0.15) is 54.8 Å². The summed E-state index contributed by atoms with van der Waals surface area (Å²) in [5, 5.41) is 14.4. The Morgan fingerprint density at radius 3 is 2.89 bits per heavy atom. The molecule has 0 saturated carbocycles. The first-order chi connectivity index (χ1) is 9.24. The molecule has 0 atom stereocenters. The first-order valence-corrected chi connectivity index (χ1v) is 7.14. The fourth-order valence-corrected chi connectivity index (χ4v) is 2.41. The SMILES string of the molecule is CCCCNC(=O)c1nnn(C2CCNCC2)c1C. The molecule has 1 aromatic heterocycles. The van der Waals surface area contributed by atoms with Gasteiger partial charge in [0, 0.05) is 6.54 Å². The number of aromatic nitrogens is 3. The molecule has 19 heavy (non-hydrogen) atoms. The van der Waals surface area contributed by atoms with Gasteiger partial charge in [0.25, 0.3) is 5.91 Å². The number of unbranched alkanes of at least 4 members (excludes halogenated alkanes) is 1. The molecule has 1 aromatic rings. The van der Waals surface area contributed by atoms with Crippen LogP contribution in [0.25, 0.3) is 0 Å². The molecular weight excluding hydrogens is 242 g/mol. The zero-order chi connectivity index (χ0) is 13.7. The van der Waals surface area contributed by atoms with Crippen molar-refractivity contribution in [3.63, 3.8) is 0 Å². The molecule has 6 nitrogen and oxygen atoms in total. The van der Waals surface area contributed by atoms with Gasteiger partial charge in [-0.15, -0.1) is 5.10 Å². The van der Waals surface area contributed by atoms with Crippen LogP contribution in [-0.2, 0) is 0 Å². The smallest absolute Gasteiger partial charge is 0.273 e. The molecular formula is C13H23N5O. The van der Waals surface area contributed by atoms with E-state index in [0.29, 0.717) is 18.3 Å². The zero-order valence-electron chi connectivity index (χ0n) is 11.8. The highest BCUT2D eigenvalue weighted by molar-refractivity contribution is 5.93. The average molecular weight is 265 g/mol. The standard InChI is InChI=1S/C13H23N5O/c1-3-4-7-15-13(19)12-10(2)18(17-16-12)11-5-8-14-9-6-11/h11,14H,3-9H2,1-2H3,(H,15,19). The lowest BCUT2D eigenvalue weighted by molar-refractivity contribution is 0.0947. The summed E-state index contributed by atoms with van der Waals surface area (Å²) >= 11 is 0. The molecule has 2 N–H and O–H groups in total. The molecule has 1 aliphatic heterocycles. The molecule has 1 amide bonds. The number of carbonyl (C=O) groups is 1. The van der Waals surface area contributed by atoms with Crippen LogP contribution in [0.5, 0.6) is 0 Å². The highest BCUT2D eigenvalue weighted by Crippen LogP contribution is 2.20. The van der Waals surface area contributed by atoms with Gasteiger partial charge >= 0.3 is 0 Å². The molecule has 0 aromatic carbocycles. The van der Waals surface area contributed by atoms with Crippen LogP contribution in [-0.4, -0.2) is 40.5 Å². The van der Waals surface area contributed by atoms with Crippen LogP contribution in [0.2, 0.25) is 0 Å². The minimum Gasteiger partial charge on any atom is -0.351 e. The van der Waals surface area contributed by atoms with E-state index in [9.17, 15) is 4.79 Å². The Morgan fingerprint density at radius 2 is 2.21 bits per heavy atom. The molecule has 2 heterocycles. The Balaban J connectivity index is 2.02. The fraction of sp³-hybridized carbons (Fsp3) is 0.769. The van der Waals surface area contributed by atoms with Gasteiger partial charge in [-0.1, -0.05) is 18.6 Å². The third-order valence-electron chi connectivity index (χ3n) is 3.61. The second-order valence-electron chi connectivity index (χ2n) is 5.06. The summed E-state index contributed by atoms with van der Waals surface area (Å²) in [6, 6.07) is 0.367. The first-order valence-electron chi connectivity index (χ1n) is 7.14. The summed E-state index contributed by atoms with van der Waals surface area (Å²) < 4.78 is 1.91. The van der Waals surface area contributed by atoms with E-state index < -0.39 is 0 Å².